The molecule has 0 bridgehead atoms. The van der Waals surface area contributed by atoms with E-state index in [1.54, 1.807) is 30.5 Å². The fourth-order valence-corrected chi connectivity index (χ4v) is 9.27. The van der Waals surface area contributed by atoms with E-state index in [4.69, 9.17) is 16.3 Å². The molecule has 258 valence electrons. The Morgan fingerprint density at radius 2 is 1.75 bits per heavy atom. The van der Waals surface area contributed by atoms with Gasteiger partial charge >= 0.3 is 0 Å². The topological polar surface area (TPSA) is 64.4 Å². The maximum absolute atomic E-state index is 15.7. The number of thioether (sulfide) groups is 1. The zero-order valence-electron chi connectivity index (χ0n) is 27.9. The second-order valence-electron chi connectivity index (χ2n) is 13.7. The lowest BCUT2D eigenvalue weighted by Gasteiger charge is -2.35. The van der Waals surface area contributed by atoms with Gasteiger partial charge in [-0.15, -0.1) is 0 Å². The number of nitrogens with zero attached hydrogens (tertiary/aromatic N) is 4. The molecule has 1 aromatic heterocycles. The first-order valence-electron chi connectivity index (χ1n) is 15.6. The number of quaternary nitrogens is 1. The summed E-state index contributed by atoms with van der Waals surface area (Å²) in [5, 5.41) is 0.474. The predicted octanol–water partition coefficient (Wildman–Crippen LogP) is 7.68. The minimum absolute atomic E-state index is 0.000147. The maximum atomic E-state index is 15.7. The fraction of sp³-hybridized carbons (Fsp3) is 0.400. The molecule has 7 nitrogen and oxygen atoms in total. The molecular weight excluding hydrogens is 681 g/mol. The van der Waals surface area contributed by atoms with Gasteiger partial charge in [0, 0.05) is 46.4 Å². The standard InChI is InChI=1S/C35H41ClF3N4O3S2/c1-35(2,24-9-14-30(38)32(16-24)46-6)33-19-40-34(42(33)26-12-10-25(37)11-13-26)47-22-28-29(36)17-27(18-31(28)39)48(44,45)41-15-7-8-23(20-41)21-43(3,4)5/h9-14,16-19,23H,7-8,15,20-22H2,1-6H3/q+1/t23-/m1/s1. The second kappa shape index (κ2) is 14.1. The average molecular weight is 722 g/mol. The largest absolute Gasteiger partial charge is 0.494 e. The van der Waals surface area contributed by atoms with Crippen molar-refractivity contribution in [3.05, 3.63) is 100 Å². The smallest absolute Gasteiger partial charge is 0.243 e. The molecule has 0 unspecified atom stereocenters. The molecule has 0 saturated carbocycles. The molecule has 0 spiro atoms. The van der Waals surface area contributed by atoms with Crippen molar-refractivity contribution in [2.75, 3.05) is 47.9 Å². The third kappa shape index (κ3) is 7.73. The third-order valence-electron chi connectivity index (χ3n) is 8.71. The summed E-state index contributed by atoms with van der Waals surface area (Å²) in [6.45, 7) is 5.50. The van der Waals surface area contributed by atoms with Crippen LogP contribution in [0.1, 0.15) is 43.5 Å². The van der Waals surface area contributed by atoms with Crippen molar-refractivity contribution >= 4 is 33.4 Å². The fourth-order valence-electron chi connectivity index (χ4n) is 6.23. The Morgan fingerprint density at radius 3 is 2.40 bits per heavy atom. The zero-order chi connectivity index (χ0) is 35.0. The van der Waals surface area contributed by atoms with E-state index in [0.29, 0.717) is 29.6 Å². The molecule has 48 heavy (non-hydrogen) atoms. The molecule has 1 aliphatic heterocycles. The van der Waals surface area contributed by atoms with Gasteiger partial charge in [-0.3, -0.25) is 4.57 Å². The van der Waals surface area contributed by atoms with Crippen molar-refractivity contribution in [1.82, 2.24) is 13.9 Å². The van der Waals surface area contributed by atoms with E-state index in [-0.39, 0.29) is 32.9 Å². The van der Waals surface area contributed by atoms with Crippen LogP contribution in [0.3, 0.4) is 0 Å². The predicted molar refractivity (Wildman–Crippen MR) is 184 cm³/mol. The van der Waals surface area contributed by atoms with E-state index in [1.165, 1.54) is 47.4 Å². The van der Waals surface area contributed by atoms with Crippen molar-refractivity contribution in [3.63, 3.8) is 0 Å². The summed E-state index contributed by atoms with van der Waals surface area (Å²) in [5.41, 5.74) is 1.50. The van der Waals surface area contributed by atoms with Gasteiger partial charge in [-0.2, -0.15) is 4.31 Å². The minimum Gasteiger partial charge on any atom is -0.494 e. The molecule has 2 heterocycles. The number of halogens is 4. The quantitative estimate of drug-likeness (QED) is 0.118. The van der Waals surface area contributed by atoms with E-state index in [0.717, 1.165) is 35.5 Å². The first kappa shape index (κ1) is 36.3. The van der Waals surface area contributed by atoms with Crippen LogP contribution >= 0.6 is 23.4 Å². The molecule has 0 aliphatic carbocycles. The van der Waals surface area contributed by atoms with Gasteiger partial charge in [0.15, 0.2) is 16.7 Å². The summed E-state index contributed by atoms with van der Waals surface area (Å²) < 4.78 is 80.4. The first-order valence-corrected chi connectivity index (χ1v) is 18.4. The van der Waals surface area contributed by atoms with Crippen LogP contribution in [-0.4, -0.2) is 74.6 Å². The Balaban J connectivity index is 1.44. The summed E-state index contributed by atoms with van der Waals surface area (Å²) in [5.74, 6) is -1.28. The van der Waals surface area contributed by atoms with Gasteiger partial charge in [0.1, 0.15) is 11.6 Å². The Hall–Kier alpha value is -3.03. The second-order valence-corrected chi connectivity index (χ2v) is 17.0. The van der Waals surface area contributed by atoms with Crippen LogP contribution in [0.5, 0.6) is 5.75 Å². The molecular formula is C35H41ClF3N4O3S2+. The van der Waals surface area contributed by atoms with Crippen LogP contribution in [0.4, 0.5) is 13.2 Å². The summed E-state index contributed by atoms with van der Waals surface area (Å²) in [4.78, 5) is 4.48. The highest BCUT2D eigenvalue weighted by atomic mass is 35.5. The number of ether oxygens (including phenoxy) is 1. The van der Waals surface area contributed by atoms with Gasteiger partial charge in [0.25, 0.3) is 0 Å². The van der Waals surface area contributed by atoms with Crippen LogP contribution in [0.15, 0.2) is 70.8 Å². The van der Waals surface area contributed by atoms with Crippen LogP contribution in [0.2, 0.25) is 5.02 Å². The van der Waals surface area contributed by atoms with Crippen LogP contribution in [-0.2, 0) is 21.2 Å². The van der Waals surface area contributed by atoms with Crippen LogP contribution < -0.4 is 4.74 Å². The molecule has 5 rings (SSSR count). The number of benzene rings is 3. The Bertz CT molecular complexity index is 1870. The van der Waals surface area contributed by atoms with Crippen LogP contribution in [0.25, 0.3) is 5.69 Å². The van der Waals surface area contributed by atoms with Gasteiger partial charge in [0.05, 0.1) is 51.6 Å². The summed E-state index contributed by atoms with van der Waals surface area (Å²) in [7, 11) is 3.68. The number of sulfonamides is 1. The molecule has 4 aromatic rings. The van der Waals surface area contributed by atoms with E-state index >= 15 is 4.39 Å². The number of hydrogen-bond donors (Lipinski definition) is 0. The SMILES string of the molecule is COc1cc(C(C)(C)c2cnc(SCc3c(F)cc(S(=O)(=O)N4CCC[C@@H](C[N+](C)(C)C)C4)cc3Cl)n2-c2ccc(F)cc2)ccc1F. The van der Waals surface area contributed by atoms with E-state index in [2.05, 4.69) is 26.1 Å². The molecule has 1 atom stereocenters. The summed E-state index contributed by atoms with van der Waals surface area (Å²) in [6.07, 6.45) is 3.36. The Kier molecular flexibility index (Phi) is 10.6. The number of hydrogen-bond acceptors (Lipinski definition) is 5. The van der Waals surface area contributed by atoms with Gasteiger partial charge in [-0.1, -0.05) is 43.3 Å². The highest BCUT2D eigenvalue weighted by Gasteiger charge is 2.34. The van der Waals surface area contributed by atoms with E-state index in [1.807, 2.05) is 18.4 Å². The highest BCUT2D eigenvalue weighted by molar-refractivity contribution is 7.98. The highest BCUT2D eigenvalue weighted by Crippen LogP contribution is 2.39. The first-order chi connectivity index (χ1) is 22.5. The van der Waals surface area contributed by atoms with Crippen molar-refractivity contribution in [3.8, 4) is 11.4 Å². The average Bonchev–Trinajstić information content (AvgIpc) is 3.45. The lowest BCUT2D eigenvalue weighted by atomic mass is 9.81. The summed E-state index contributed by atoms with van der Waals surface area (Å²) in [6, 6.07) is 12.9. The van der Waals surface area contributed by atoms with Gasteiger partial charge in [-0.25, -0.2) is 26.6 Å². The van der Waals surface area contributed by atoms with Crippen molar-refractivity contribution in [2.45, 2.75) is 47.9 Å². The molecule has 13 heteroatoms. The lowest BCUT2D eigenvalue weighted by Crippen LogP contribution is -2.47. The van der Waals surface area contributed by atoms with Gasteiger partial charge in [-0.05, 0) is 66.9 Å². The Morgan fingerprint density at radius 1 is 1.04 bits per heavy atom. The lowest BCUT2D eigenvalue weighted by molar-refractivity contribution is -0.874. The number of aromatic nitrogens is 2. The number of methoxy groups -OCH3 is 1. The van der Waals surface area contributed by atoms with E-state index in [9.17, 15) is 17.2 Å². The molecule has 0 amide bonds. The van der Waals surface area contributed by atoms with Crippen LogP contribution in [0, 0.1) is 23.4 Å². The van der Waals surface area contributed by atoms with E-state index < -0.39 is 32.9 Å². The third-order valence-corrected chi connectivity index (χ3v) is 11.9. The zero-order valence-corrected chi connectivity index (χ0v) is 30.3. The summed E-state index contributed by atoms with van der Waals surface area (Å²) >= 11 is 7.79. The Labute approximate surface area is 290 Å². The molecule has 1 aliphatic rings. The normalized spacial score (nSPS) is 16.3. The van der Waals surface area contributed by atoms with Crippen molar-refractivity contribution in [2.24, 2.45) is 5.92 Å². The molecule has 1 fully saturated rings. The minimum atomic E-state index is -3.96. The molecule has 1 saturated heterocycles. The monoisotopic (exact) mass is 721 g/mol. The van der Waals surface area contributed by atoms with Crippen molar-refractivity contribution in [1.29, 1.82) is 0 Å². The number of rotatable bonds is 11. The molecule has 0 radical (unpaired) electrons. The van der Waals surface area contributed by atoms with Gasteiger partial charge < -0.3 is 9.22 Å². The van der Waals surface area contributed by atoms with Crippen molar-refractivity contribution < 1.29 is 30.8 Å². The maximum Gasteiger partial charge on any atom is 0.243 e. The number of piperidine rings is 1. The van der Waals surface area contributed by atoms with Gasteiger partial charge in [0.2, 0.25) is 10.0 Å². The number of imidazole rings is 1. The molecule has 0 N–H and O–H groups in total. The molecule has 3 aromatic carbocycles.